The Bertz CT molecular complexity index is 63.4. The minimum absolute atomic E-state index is 0.250. The summed E-state index contributed by atoms with van der Waals surface area (Å²) in [6, 6.07) is 0. The zero-order chi connectivity index (χ0) is 6.62. The molecule has 0 aliphatic rings. The minimum Gasteiger partial charge on any atom is -0.389 e. The van der Waals surface area contributed by atoms with Gasteiger partial charge >= 0.3 is 0 Å². The molecular formula is C5H10Cl2O. The summed E-state index contributed by atoms with van der Waals surface area (Å²) in [5.41, 5.74) is -0.774. The van der Waals surface area contributed by atoms with Crippen LogP contribution in [0.1, 0.15) is 13.3 Å². The van der Waals surface area contributed by atoms with Crippen LogP contribution >= 0.6 is 23.2 Å². The van der Waals surface area contributed by atoms with Gasteiger partial charge in [0.05, 0.1) is 11.5 Å². The number of aliphatic hydroxyl groups is 1. The second-order valence-electron chi connectivity index (χ2n) is 2.07. The lowest BCUT2D eigenvalue weighted by Gasteiger charge is -2.17. The van der Waals surface area contributed by atoms with Gasteiger partial charge in [-0.1, -0.05) is 0 Å². The third kappa shape index (κ3) is 3.53. The smallest absolute Gasteiger partial charge is 0.0765 e. The molecule has 50 valence electrons. The molecule has 0 fully saturated rings. The number of alkyl halides is 2. The molecule has 0 aromatic rings. The molecule has 0 aliphatic carbocycles. The molecule has 1 unspecified atom stereocenters. The minimum atomic E-state index is -0.774. The lowest BCUT2D eigenvalue weighted by molar-refractivity contribution is 0.0811. The highest BCUT2D eigenvalue weighted by atomic mass is 35.5. The van der Waals surface area contributed by atoms with Gasteiger partial charge in [-0.25, -0.2) is 0 Å². The fraction of sp³-hybridized carbons (Fsp3) is 1.00. The van der Waals surface area contributed by atoms with Crippen molar-refractivity contribution in [1.29, 1.82) is 0 Å². The van der Waals surface area contributed by atoms with Gasteiger partial charge in [0.2, 0.25) is 0 Å². The zero-order valence-corrected chi connectivity index (χ0v) is 6.34. The van der Waals surface area contributed by atoms with Crippen LogP contribution in [-0.4, -0.2) is 22.5 Å². The van der Waals surface area contributed by atoms with Crippen LogP contribution in [0.25, 0.3) is 0 Å². The number of hydrogen-bond acceptors (Lipinski definition) is 1. The summed E-state index contributed by atoms with van der Waals surface area (Å²) < 4.78 is 0. The monoisotopic (exact) mass is 156 g/mol. The predicted octanol–water partition coefficient (Wildman–Crippen LogP) is 1.61. The van der Waals surface area contributed by atoms with E-state index in [0.29, 0.717) is 12.3 Å². The second kappa shape index (κ2) is 3.54. The first kappa shape index (κ1) is 8.54. The molecule has 0 spiro atoms. The summed E-state index contributed by atoms with van der Waals surface area (Å²) in [5.74, 6) is 0.708. The Kier molecular flexibility index (Phi) is 3.78. The summed E-state index contributed by atoms with van der Waals surface area (Å²) in [5, 5.41) is 9.11. The van der Waals surface area contributed by atoms with E-state index in [1.165, 1.54) is 0 Å². The first-order valence-electron chi connectivity index (χ1n) is 2.47. The number of rotatable bonds is 3. The van der Waals surface area contributed by atoms with Gasteiger partial charge < -0.3 is 5.11 Å². The Balaban J connectivity index is 3.37. The zero-order valence-electron chi connectivity index (χ0n) is 4.82. The third-order valence-corrected chi connectivity index (χ3v) is 1.69. The Morgan fingerprint density at radius 2 is 2.00 bits per heavy atom. The molecule has 0 aromatic heterocycles. The fourth-order valence-electron chi connectivity index (χ4n) is 0.270. The Morgan fingerprint density at radius 1 is 1.50 bits per heavy atom. The highest BCUT2D eigenvalue weighted by Gasteiger charge is 2.16. The summed E-state index contributed by atoms with van der Waals surface area (Å²) in [7, 11) is 0. The first-order chi connectivity index (χ1) is 3.62. The molecular weight excluding hydrogens is 147 g/mol. The average Bonchev–Trinajstić information content (AvgIpc) is 1.67. The largest absolute Gasteiger partial charge is 0.389 e. The Hall–Kier alpha value is 0.540. The number of halogens is 2. The van der Waals surface area contributed by atoms with E-state index in [4.69, 9.17) is 28.3 Å². The quantitative estimate of drug-likeness (QED) is 0.617. The fourth-order valence-corrected chi connectivity index (χ4v) is 0.811. The van der Waals surface area contributed by atoms with Crippen molar-refractivity contribution < 1.29 is 5.11 Å². The Labute approximate surface area is 59.6 Å². The molecule has 0 saturated heterocycles. The summed E-state index contributed by atoms with van der Waals surface area (Å²) in [6.45, 7) is 1.67. The van der Waals surface area contributed by atoms with Crippen molar-refractivity contribution in [1.82, 2.24) is 0 Å². The lowest BCUT2D eigenvalue weighted by Crippen LogP contribution is -2.26. The predicted molar refractivity (Wildman–Crippen MR) is 36.7 cm³/mol. The molecule has 0 aromatic carbocycles. The van der Waals surface area contributed by atoms with Crippen molar-refractivity contribution in [3.63, 3.8) is 0 Å². The molecule has 8 heavy (non-hydrogen) atoms. The molecule has 1 N–H and O–H groups in total. The van der Waals surface area contributed by atoms with Crippen LogP contribution < -0.4 is 0 Å². The van der Waals surface area contributed by atoms with Crippen molar-refractivity contribution >= 4 is 23.2 Å². The van der Waals surface area contributed by atoms with Crippen molar-refractivity contribution in [2.45, 2.75) is 18.9 Å². The van der Waals surface area contributed by atoms with Crippen LogP contribution in [0.3, 0.4) is 0 Å². The molecule has 0 saturated carbocycles. The van der Waals surface area contributed by atoms with E-state index < -0.39 is 5.60 Å². The third-order valence-electron chi connectivity index (χ3n) is 0.921. The topological polar surface area (TPSA) is 20.2 Å². The molecule has 0 bridgehead atoms. The van der Waals surface area contributed by atoms with E-state index >= 15 is 0 Å². The van der Waals surface area contributed by atoms with Crippen molar-refractivity contribution in [2.24, 2.45) is 0 Å². The van der Waals surface area contributed by atoms with E-state index in [2.05, 4.69) is 0 Å². The maximum atomic E-state index is 9.11. The van der Waals surface area contributed by atoms with E-state index in [0.717, 1.165) is 0 Å². The first-order valence-corrected chi connectivity index (χ1v) is 3.53. The van der Waals surface area contributed by atoms with Gasteiger partial charge in [-0.3, -0.25) is 0 Å². The van der Waals surface area contributed by atoms with Crippen LogP contribution in [0.15, 0.2) is 0 Å². The summed E-state index contributed by atoms with van der Waals surface area (Å²) in [4.78, 5) is 0. The molecule has 1 atom stereocenters. The second-order valence-corrected chi connectivity index (χ2v) is 2.71. The molecule has 0 amide bonds. The molecule has 0 rings (SSSR count). The van der Waals surface area contributed by atoms with Crippen molar-refractivity contribution in [2.75, 3.05) is 11.8 Å². The van der Waals surface area contributed by atoms with E-state index in [-0.39, 0.29) is 5.88 Å². The average molecular weight is 157 g/mol. The molecule has 0 radical (unpaired) electrons. The summed E-state index contributed by atoms with van der Waals surface area (Å²) >= 11 is 10.7. The highest BCUT2D eigenvalue weighted by Crippen LogP contribution is 2.11. The van der Waals surface area contributed by atoms with E-state index in [9.17, 15) is 0 Å². The standard InChI is InChI=1S/C5H10Cl2O/c1-5(8,4-7)2-3-6/h8H,2-4H2,1H3. The summed E-state index contributed by atoms with van der Waals surface area (Å²) in [6.07, 6.45) is 0.554. The van der Waals surface area contributed by atoms with Gasteiger partial charge in [0.25, 0.3) is 0 Å². The van der Waals surface area contributed by atoms with Gasteiger partial charge in [-0.15, -0.1) is 23.2 Å². The van der Waals surface area contributed by atoms with Crippen LogP contribution in [0, 0.1) is 0 Å². The van der Waals surface area contributed by atoms with Crippen molar-refractivity contribution in [3.05, 3.63) is 0 Å². The van der Waals surface area contributed by atoms with Gasteiger partial charge in [-0.05, 0) is 13.3 Å². The van der Waals surface area contributed by atoms with Gasteiger partial charge in [0.15, 0.2) is 0 Å². The molecule has 0 heterocycles. The maximum absolute atomic E-state index is 9.11. The van der Waals surface area contributed by atoms with Crippen LogP contribution in [0.2, 0.25) is 0 Å². The lowest BCUT2D eigenvalue weighted by atomic mass is 10.1. The van der Waals surface area contributed by atoms with Crippen LogP contribution in [0.4, 0.5) is 0 Å². The van der Waals surface area contributed by atoms with Crippen LogP contribution in [-0.2, 0) is 0 Å². The van der Waals surface area contributed by atoms with Gasteiger partial charge in [0, 0.05) is 5.88 Å². The number of hydrogen-bond donors (Lipinski definition) is 1. The van der Waals surface area contributed by atoms with E-state index in [1.54, 1.807) is 6.92 Å². The normalized spacial score (nSPS) is 18.0. The van der Waals surface area contributed by atoms with E-state index in [1.807, 2.05) is 0 Å². The van der Waals surface area contributed by atoms with Crippen molar-refractivity contribution in [3.8, 4) is 0 Å². The van der Waals surface area contributed by atoms with Gasteiger partial charge in [-0.2, -0.15) is 0 Å². The van der Waals surface area contributed by atoms with Gasteiger partial charge in [0.1, 0.15) is 0 Å². The highest BCUT2D eigenvalue weighted by molar-refractivity contribution is 6.19. The molecule has 1 nitrogen and oxygen atoms in total. The maximum Gasteiger partial charge on any atom is 0.0765 e. The molecule has 0 aliphatic heterocycles. The molecule has 3 heteroatoms. The Morgan fingerprint density at radius 3 is 2.12 bits per heavy atom. The van der Waals surface area contributed by atoms with Crippen LogP contribution in [0.5, 0.6) is 0 Å². The SMILES string of the molecule is CC(O)(CCl)CCCl.